The molecule has 2 aromatic carbocycles. The van der Waals surface area contributed by atoms with Crippen molar-refractivity contribution in [3.63, 3.8) is 0 Å². The van der Waals surface area contributed by atoms with Crippen LogP contribution < -0.4 is 0 Å². The van der Waals surface area contributed by atoms with Crippen LogP contribution in [0, 0.1) is 0 Å². The lowest BCUT2D eigenvalue weighted by atomic mass is 9.91. The third-order valence-corrected chi connectivity index (χ3v) is 6.45. The number of fused-ring (bicyclic) bond motifs is 1. The van der Waals surface area contributed by atoms with Crippen LogP contribution in [-0.2, 0) is 15.6 Å². The number of halogens is 1. The number of benzene rings is 2. The molecule has 0 spiro atoms. The summed E-state index contributed by atoms with van der Waals surface area (Å²) < 4.78 is 12.9. The first kappa shape index (κ1) is 16.9. The van der Waals surface area contributed by atoms with E-state index in [9.17, 15) is 18.9 Å². The number of hydrogen-bond donors (Lipinski definition) is 1. The van der Waals surface area contributed by atoms with Crippen LogP contribution in [0.1, 0.15) is 40.7 Å². The molecule has 0 bridgehead atoms. The van der Waals surface area contributed by atoms with E-state index in [1.165, 1.54) is 12.1 Å². The molecule has 3 unspecified atom stereocenters. The number of carbonyl (C=O) groups is 2. The minimum Gasteiger partial charge on any atom is -0.481 e. The topological polar surface area (TPSA) is 71.4 Å². The fourth-order valence-corrected chi connectivity index (χ4v) is 5.27. The standard InChI is InChI=1S/C18H15ClO4S/c1-2-14-15(18(21)22)12-8-11(19)9-13(17(12)24(14)23)16(20)10-6-4-3-5-7-10/h3-9,14-15H,2H2,1H3,(H,21,22). The van der Waals surface area contributed by atoms with Crippen LogP contribution in [0.3, 0.4) is 0 Å². The minimum absolute atomic E-state index is 0.226. The van der Waals surface area contributed by atoms with Gasteiger partial charge >= 0.3 is 5.97 Å². The fourth-order valence-electron chi connectivity index (χ4n) is 3.14. The summed E-state index contributed by atoms with van der Waals surface area (Å²) in [5, 5.41) is 9.27. The molecule has 1 N–H and O–H groups in total. The van der Waals surface area contributed by atoms with Gasteiger partial charge in [0.2, 0.25) is 0 Å². The molecular formula is C18H15ClO4S. The maximum absolute atomic E-state index is 12.9. The highest BCUT2D eigenvalue weighted by Gasteiger charge is 2.44. The van der Waals surface area contributed by atoms with Crippen LogP contribution in [0.15, 0.2) is 47.4 Å². The second kappa shape index (κ2) is 6.49. The van der Waals surface area contributed by atoms with Gasteiger partial charge in [-0.1, -0.05) is 48.9 Å². The number of rotatable bonds is 4. The summed E-state index contributed by atoms with van der Waals surface area (Å²) >= 11 is 6.12. The van der Waals surface area contributed by atoms with E-state index in [4.69, 9.17) is 11.6 Å². The van der Waals surface area contributed by atoms with Crippen molar-refractivity contribution in [3.8, 4) is 0 Å². The first-order chi connectivity index (χ1) is 11.5. The molecule has 124 valence electrons. The predicted octanol–water partition coefficient (Wildman–Crippen LogP) is 3.64. The number of aliphatic carboxylic acids is 1. The van der Waals surface area contributed by atoms with Gasteiger partial charge in [0.15, 0.2) is 5.78 Å². The molecule has 0 fully saturated rings. The van der Waals surface area contributed by atoms with E-state index in [1.54, 1.807) is 37.3 Å². The largest absolute Gasteiger partial charge is 0.481 e. The predicted molar refractivity (Wildman–Crippen MR) is 92.2 cm³/mol. The normalized spacial score (nSPS) is 22.2. The van der Waals surface area contributed by atoms with E-state index in [0.717, 1.165) is 0 Å². The van der Waals surface area contributed by atoms with Gasteiger partial charge in [0.1, 0.15) is 0 Å². The Bertz CT molecular complexity index is 848. The lowest BCUT2D eigenvalue weighted by Crippen LogP contribution is -2.23. The summed E-state index contributed by atoms with van der Waals surface area (Å²) in [6, 6.07) is 11.6. The molecule has 0 saturated carbocycles. The average Bonchev–Trinajstić information content (AvgIpc) is 2.86. The number of ketones is 1. The van der Waals surface area contributed by atoms with Crippen LogP contribution in [-0.4, -0.2) is 26.3 Å². The molecule has 6 heteroatoms. The molecule has 1 aliphatic rings. The minimum atomic E-state index is -1.56. The van der Waals surface area contributed by atoms with Crippen LogP contribution in [0.4, 0.5) is 0 Å². The van der Waals surface area contributed by atoms with Gasteiger partial charge in [-0.3, -0.25) is 13.8 Å². The molecule has 0 saturated heterocycles. The molecule has 3 rings (SSSR count). The van der Waals surface area contributed by atoms with E-state index in [0.29, 0.717) is 22.4 Å². The Kier molecular flexibility index (Phi) is 4.56. The van der Waals surface area contributed by atoms with Gasteiger partial charge in [-0.2, -0.15) is 0 Å². The number of carbonyl (C=O) groups excluding carboxylic acids is 1. The van der Waals surface area contributed by atoms with E-state index >= 15 is 0 Å². The zero-order valence-corrected chi connectivity index (χ0v) is 14.4. The molecule has 0 aromatic heterocycles. The summed E-state index contributed by atoms with van der Waals surface area (Å²) in [5.74, 6) is -2.26. The lowest BCUT2D eigenvalue weighted by Gasteiger charge is -2.12. The summed E-state index contributed by atoms with van der Waals surface area (Å²) in [4.78, 5) is 24.8. The maximum Gasteiger partial charge on any atom is 0.312 e. The third kappa shape index (κ3) is 2.68. The Morgan fingerprint density at radius 2 is 1.88 bits per heavy atom. The Morgan fingerprint density at radius 1 is 1.21 bits per heavy atom. The van der Waals surface area contributed by atoms with Crippen molar-refractivity contribution in [2.45, 2.75) is 29.4 Å². The SMILES string of the molecule is CCC1C(C(=O)O)c2cc(Cl)cc(C(=O)c3ccccc3)c2S1=O. The zero-order valence-electron chi connectivity index (χ0n) is 12.9. The zero-order chi connectivity index (χ0) is 17.4. The average molecular weight is 363 g/mol. The maximum atomic E-state index is 12.9. The molecule has 3 atom stereocenters. The lowest BCUT2D eigenvalue weighted by molar-refractivity contribution is -0.138. The highest BCUT2D eigenvalue weighted by atomic mass is 35.5. The van der Waals surface area contributed by atoms with Crippen molar-refractivity contribution in [2.24, 2.45) is 0 Å². The Balaban J connectivity index is 2.22. The first-order valence-corrected chi connectivity index (χ1v) is 9.11. The number of hydrogen-bond acceptors (Lipinski definition) is 3. The summed E-state index contributed by atoms with van der Waals surface area (Å²) in [7, 11) is -1.56. The molecule has 0 amide bonds. The second-order valence-electron chi connectivity index (χ2n) is 5.63. The van der Waals surface area contributed by atoms with Crippen molar-refractivity contribution >= 4 is 34.2 Å². The molecule has 1 aliphatic heterocycles. The van der Waals surface area contributed by atoms with Gasteiger partial charge in [0, 0.05) is 16.1 Å². The van der Waals surface area contributed by atoms with E-state index in [-0.39, 0.29) is 16.4 Å². The Hall–Kier alpha value is -1.98. The molecule has 0 aliphatic carbocycles. The Morgan fingerprint density at radius 3 is 2.46 bits per heavy atom. The van der Waals surface area contributed by atoms with Crippen LogP contribution in [0.5, 0.6) is 0 Å². The molecule has 24 heavy (non-hydrogen) atoms. The van der Waals surface area contributed by atoms with Gasteiger partial charge in [0.05, 0.1) is 26.9 Å². The van der Waals surface area contributed by atoms with Crippen LogP contribution in [0.2, 0.25) is 5.02 Å². The van der Waals surface area contributed by atoms with Gasteiger partial charge in [0.25, 0.3) is 0 Å². The Labute approximate surface area is 146 Å². The summed E-state index contributed by atoms with van der Waals surface area (Å²) in [6.07, 6.45) is 0.439. The summed E-state index contributed by atoms with van der Waals surface area (Å²) in [5.41, 5.74) is 1.06. The monoisotopic (exact) mass is 362 g/mol. The quantitative estimate of drug-likeness (QED) is 0.843. The van der Waals surface area contributed by atoms with Gasteiger partial charge in [-0.05, 0) is 24.1 Å². The van der Waals surface area contributed by atoms with Crippen molar-refractivity contribution in [2.75, 3.05) is 0 Å². The molecule has 2 aromatic rings. The van der Waals surface area contributed by atoms with Gasteiger partial charge < -0.3 is 5.11 Å². The van der Waals surface area contributed by atoms with Crippen molar-refractivity contribution in [1.82, 2.24) is 0 Å². The molecule has 0 radical (unpaired) electrons. The van der Waals surface area contributed by atoms with Crippen molar-refractivity contribution in [3.05, 3.63) is 64.2 Å². The fraction of sp³-hybridized carbons (Fsp3) is 0.222. The van der Waals surface area contributed by atoms with E-state index in [2.05, 4.69) is 0 Å². The van der Waals surface area contributed by atoms with Crippen LogP contribution >= 0.6 is 11.6 Å². The van der Waals surface area contributed by atoms with Crippen LogP contribution in [0.25, 0.3) is 0 Å². The third-order valence-electron chi connectivity index (χ3n) is 4.21. The molecular weight excluding hydrogens is 348 g/mol. The molecule has 4 nitrogen and oxygen atoms in total. The first-order valence-electron chi connectivity index (χ1n) is 7.52. The smallest absolute Gasteiger partial charge is 0.312 e. The van der Waals surface area contributed by atoms with Gasteiger partial charge in [-0.15, -0.1) is 0 Å². The second-order valence-corrected chi connectivity index (χ2v) is 7.67. The van der Waals surface area contributed by atoms with E-state index in [1.807, 2.05) is 0 Å². The number of carboxylic acid groups (broad SMARTS) is 1. The van der Waals surface area contributed by atoms with Crippen molar-refractivity contribution in [1.29, 1.82) is 0 Å². The van der Waals surface area contributed by atoms with Crippen molar-refractivity contribution < 1.29 is 18.9 Å². The highest BCUT2D eigenvalue weighted by Crippen LogP contribution is 2.43. The van der Waals surface area contributed by atoms with Gasteiger partial charge in [-0.25, -0.2) is 0 Å². The van der Waals surface area contributed by atoms with E-state index < -0.39 is 27.9 Å². The summed E-state index contributed by atoms with van der Waals surface area (Å²) in [6.45, 7) is 1.80. The molecule has 1 heterocycles. The highest BCUT2D eigenvalue weighted by molar-refractivity contribution is 7.86. The number of carboxylic acids is 1.